The Hall–Kier alpha value is -2.44. The summed E-state index contributed by atoms with van der Waals surface area (Å²) in [6.07, 6.45) is 1.60. The van der Waals surface area contributed by atoms with Crippen LogP contribution >= 0.6 is 0 Å². The Kier molecular flexibility index (Phi) is 6.72. The summed E-state index contributed by atoms with van der Waals surface area (Å²) in [7, 11) is -3.55. The molecular formula is C18H20N2O3S. The molecule has 2 rings (SSSR count). The van der Waals surface area contributed by atoms with Crippen molar-refractivity contribution in [2.75, 3.05) is 6.54 Å². The van der Waals surface area contributed by atoms with E-state index in [2.05, 4.69) is 10.0 Å². The van der Waals surface area contributed by atoms with Gasteiger partial charge in [-0.3, -0.25) is 4.79 Å². The minimum absolute atomic E-state index is 0.0576. The first-order valence-corrected chi connectivity index (χ1v) is 9.13. The summed E-state index contributed by atoms with van der Waals surface area (Å²) in [5, 5.41) is 3.85. The van der Waals surface area contributed by atoms with E-state index in [9.17, 15) is 13.2 Å². The van der Waals surface area contributed by atoms with E-state index in [1.165, 1.54) is 6.08 Å². The number of nitrogens with one attached hydrogen (secondary N) is 2. The smallest absolute Gasteiger partial charge is 0.233 e. The summed E-state index contributed by atoms with van der Waals surface area (Å²) in [4.78, 5) is 11.7. The van der Waals surface area contributed by atoms with E-state index in [1.54, 1.807) is 0 Å². The van der Waals surface area contributed by atoms with Gasteiger partial charge >= 0.3 is 0 Å². The Morgan fingerprint density at radius 3 is 2.25 bits per heavy atom. The zero-order valence-electron chi connectivity index (χ0n) is 13.2. The minimum Gasteiger partial charge on any atom is -0.352 e. The average Bonchev–Trinajstić information content (AvgIpc) is 2.60. The molecular weight excluding hydrogens is 324 g/mol. The molecule has 126 valence electrons. The summed E-state index contributed by atoms with van der Waals surface area (Å²) in [5.41, 5.74) is 1.79. The lowest BCUT2D eigenvalue weighted by Crippen LogP contribution is -2.29. The zero-order valence-corrected chi connectivity index (χ0v) is 14.0. The predicted molar refractivity (Wildman–Crippen MR) is 95.3 cm³/mol. The molecule has 6 heteroatoms. The van der Waals surface area contributed by atoms with Gasteiger partial charge in [0.2, 0.25) is 15.9 Å². The maximum Gasteiger partial charge on any atom is 0.233 e. The first-order chi connectivity index (χ1) is 11.6. The van der Waals surface area contributed by atoms with Gasteiger partial charge < -0.3 is 5.32 Å². The van der Waals surface area contributed by atoms with Gasteiger partial charge in [-0.05, 0) is 17.2 Å². The summed E-state index contributed by atoms with van der Waals surface area (Å²) < 4.78 is 26.1. The van der Waals surface area contributed by atoms with Gasteiger partial charge in [0.1, 0.15) is 0 Å². The molecule has 0 heterocycles. The number of rotatable bonds is 8. The number of hydrogen-bond donors (Lipinski definition) is 2. The molecule has 0 unspecified atom stereocenters. The number of sulfonamides is 1. The van der Waals surface area contributed by atoms with Crippen LogP contribution in [0, 0.1) is 0 Å². The highest BCUT2D eigenvalue weighted by Gasteiger charge is 2.07. The molecule has 0 atom stereocenters. The second kappa shape index (κ2) is 9.00. The molecule has 24 heavy (non-hydrogen) atoms. The fraction of sp³-hybridized carbons (Fsp3) is 0.167. The van der Waals surface area contributed by atoms with Crippen LogP contribution in [-0.2, 0) is 21.4 Å². The van der Waals surface area contributed by atoms with Crippen LogP contribution in [0.5, 0.6) is 0 Å². The Morgan fingerprint density at radius 2 is 1.58 bits per heavy atom. The van der Waals surface area contributed by atoms with Crippen molar-refractivity contribution in [2.45, 2.75) is 13.0 Å². The summed E-state index contributed by atoms with van der Waals surface area (Å²) >= 11 is 0. The topological polar surface area (TPSA) is 75.3 Å². The van der Waals surface area contributed by atoms with E-state index in [-0.39, 0.29) is 18.9 Å². The molecule has 5 nitrogen and oxygen atoms in total. The molecule has 0 saturated carbocycles. The van der Waals surface area contributed by atoms with Crippen LogP contribution in [0.15, 0.2) is 66.1 Å². The summed E-state index contributed by atoms with van der Waals surface area (Å²) in [6.45, 7) is 0.489. The van der Waals surface area contributed by atoms with Crippen molar-refractivity contribution in [3.8, 4) is 0 Å². The fourth-order valence-corrected chi connectivity index (χ4v) is 2.79. The molecule has 2 N–H and O–H groups in total. The van der Waals surface area contributed by atoms with Gasteiger partial charge in [0, 0.05) is 24.9 Å². The molecule has 0 spiro atoms. The molecule has 2 aromatic rings. The number of benzene rings is 2. The largest absolute Gasteiger partial charge is 0.352 e. The first-order valence-electron chi connectivity index (χ1n) is 7.58. The van der Waals surface area contributed by atoms with Crippen LogP contribution in [0.25, 0.3) is 6.08 Å². The standard InChI is InChI=1S/C18H20N2O3S/c21-18(19-15-17-9-5-2-6-10-17)11-13-20-24(22,23)14-12-16-7-3-1-4-8-16/h1-10,12,14,20H,11,13,15H2,(H,19,21)/b14-12+. The van der Waals surface area contributed by atoms with Crippen LogP contribution in [0.4, 0.5) is 0 Å². The lowest BCUT2D eigenvalue weighted by Gasteiger charge is -2.06. The van der Waals surface area contributed by atoms with E-state index < -0.39 is 10.0 Å². The van der Waals surface area contributed by atoms with Crippen molar-refractivity contribution in [2.24, 2.45) is 0 Å². The van der Waals surface area contributed by atoms with Crippen molar-refractivity contribution >= 4 is 22.0 Å². The fourth-order valence-electron chi connectivity index (χ4n) is 1.97. The molecule has 0 aromatic heterocycles. The average molecular weight is 344 g/mol. The molecule has 0 saturated heterocycles. The van der Waals surface area contributed by atoms with Crippen molar-refractivity contribution in [3.05, 3.63) is 77.2 Å². The lowest BCUT2D eigenvalue weighted by molar-refractivity contribution is -0.121. The van der Waals surface area contributed by atoms with Gasteiger partial charge in [-0.1, -0.05) is 60.7 Å². The van der Waals surface area contributed by atoms with E-state index in [1.807, 2.05) is 60.7 Å². The Balaban J connectivity index is 1.72. The second-order valence-corrected chi connectivity index (χ2v) is 6.82. The minimum atomic E-state index is -3.55. The third-order valence-electron chi connectivity index (χ3n) is 3.23. The lowest BCUT2D eigenvalue weighted by atomic mass is 10.2. The monoisotopic (exact) mass is 344 g/mol. The van der Waals surface area contributed by atoms with E-state index in [4.69, 9.17) is 0 Å². The molecule has 0 fully saturated rings. The summed E-state index contributed by atoms with van der Waals surface area (Å²) in [6, 6.07) is 18.7. The molecule has 0 aliphatic carbocycles. The highest BCUT2D eigenvalue weighted by atomic mass is 32.2. The van der Waals surface area contributed by atoms with Crippen molar-refractivity contribution in [1.29, 1.82) is 0 Å². The Labute approximate surface area is 142 Å². The van der Waals surface area contributed by atoms with Crippen LogP contribution in [0.2, 0.25) is 0 Å². The van der Waals surface area contributed by atoms with Crippen LogP contribution in [0.3, 0.4) is 0 Å². The maximum atomic E-state index is 11.8. The number of amides is 1. The predicted octanol–water partition coefficient (Wildman–Crippen LogP) is 2.28. The van der Waals surface area contributed by atoms with Crippen LogP contribution in [-0.4, -0.2) is 20.9 Å². The third kappa shape index (κ3) is 6.76. The van der Waals surface area contributed by atoms with Crippen molar-refractivity contribution in [3.63, 3.8) is 0 Å². The Morgan fingerprint density at radius 1 is 0.958 bits per heavy atom. The van der Waals surface area contributed by atoms with Gasteiger partial charge in [-0.15, -0.1) is 0 Å². The normalized spacial score (nSPS) is 11.5. The van der Waals surface area contributed by atoms with Gasteiger partial charge in [-0.25, -0.2) is 13.1 Å². The summed E-state index contributed by atoms with van der Waals surface area (Å²) in [5.74, 6) is -0.200. The van der Waals surface area contributed by atoms with Crippen molar-refractivity contribution in [1.82, 2.24) is 10.0 Å². The first kappa shape index (κ1) is 17.9. The zero-order chi connectivity index (χ0) is 17.3. The second-order valence-electron chi connectivity index (χ2n) is 5.17. The quantitative estimate of drug-likeness (QED) is 0.771. The third-order valence-corrected chi connectivity index (χ3v) is 4.33. The van der Waals surface area contributed by atoms with Crippen molar-refractivity contribution < 1.29 is 13.2 Å². The molecule has 0 radical (unpaired) electrons. The van der Waals surface area contributed by atoms with E-state index >= 15 is 0 Å². The SMILES string of the molecule is O=C(CCNS(=O)(=O)/C=C/c1ccccc1)NCc1ccccc1. The van der Waals surface area contributed by atoms with Gasteiger partial charge in [-0.2, -0.15) is 0 Å². The number of carbonyl (C=O) groups excluding carboxylic acids is 1. The van der Waals surface area contributed by atoms with Gasteiger partial charge in [0.05, 0.1) is 0 Å². The van der Waals surface area contributed by atoms with E-state index in [0.29, 0.717) is 6.54 Å². The maximum absolute atomic E-state index is 11.8. The molecule has 0 aliphatic rings. The van der Waals surface area contributed by atoms with Crippen LogP contribution in [0.1, 0.15) is 17.5 Å². The number of hydrogen-bond acceptors (Lipinski definition) is 3. The molecule has 1 amide bonds. The highest BCUT2D eigenvalue weighted by Crippen LogP contribution is 2.02. The van der Waals surface area contributed by atoms with E-state index in [0.717, 1.165) is 16.5 Å². The number of carbonyl (C=O) groups is 1. The Bertz CT molecular complexity index is 772. The van der Waals surface area contributed by atoms with Gasteiger partial charge in [0.25, 0.3) is 0 Å². The van der Waals surface area contributed by atoms with Gasteiger partial charge in [0.15, 0.2) is 0 Å². The molecule has 0 aliphatic heterocycles. The van der Waals surface area contributed by atoms with Crippen LogP contribution < -0.4 is 10.0 Å². The highest BCUT2D eigenvalue weighted by molar-refractivity contribution is 7.92. The molecule has 0 bridgehead atoms. The molecule has 2 aromatic carbocycles.